The molecular weight excluding hydrogens is 472 g/mol. The van der Waals surface area contributed by atoms with E-state index in [2.05, 4.69) is 16.3 Å². The van der Waals surface area contributed by atoms with Gasteiger partial charge in [-0.2, -0.15) is 0 Å². The van der Waals surface area contributed by atoms with Gasteiger partial charge in [0.25, 0.3) is 5.56 Å². The second-order valence-electron chi connectivity index (χ2n) is 10.6. The number of aromatic nitrogens is 2. The highest BCUT2D eigenvalue weighted by Gasteiger charge is 2.38. The number of hydrogen-bond donors (Lipinski definition) is 1. The monoisotopic (exact) mass is 506 g/mol. The Morgan fingerprint density at radius 2 is 1.94 bits per heavy atom. The van der Waals surface area contributed by atoms with Crippen LogP contribution in [0.4, 0.5) is 0 Å². The lowest BCUT2D eigenvalue weighted by molar-refractivity contribution is -0.122. The third kappa shape index (κ3) is 5.65. The largest absolute Gasteiger partial charge is 0.352 e. The third-order valence-electron chi connectivity index (χ3n) is 7.43. The maximum Gasteiger partial charge on any atom is 0.262 e. The quantitative estimate of drug-likeness (QED) is 0.454. The van der Waals surface area contributed by atoms with Crippen molar-refractivity contribution in [2.24, 2.45) is 5.92 Å². The van der Waals surface area contributed by atoms with Crippen LogP contribution in [0.2, 0.25) is 5.02 Å². The number of hydrogen-bond acceptors (Lipinski definition) is 4. The van der Waals surface area contributed by atoms with Crippen LogP contribution in [0.1, 0.15) is 57.4 Å². The number of nitrogens with one attached hydrogen (secondary N) is 1. The summed E-state index contributed by atoms with van der Waals surface area (Å²) in [4.78, 5) is 33.8. The predicted octanol–water partition coefficient (Wildman–Crippen LogP) is 5.22. The Bertz CT molecular complexity index is 1310. The lowest BCUT2D eigenvalue weighted by atomic mass is 10.0. The molecule has 2 aromatic carbocycles. The van der Waals surface area contributed by atoms with Gasteiger partial charge in [0.05, 0.1) is 10.9 Å². The number of halogens is 1. The summed E-state index contributed by atoms with van der Waals surface area (Å²) in [7, 11) is 0. The van der Waals surface area contributed by atoms with Gasteiger partial charge in [-0.25, -0.2) is 4.98 Å². The van der Waals surface area contributed by atoms with Gasteiger partial charge in [-0.1, -0.05) is 36.2 Å². The molecule has 7 heteroatoms. The summed E-state index contributed by atoms with van der Waals surface area (Å²) in [5, 5.41) is 4.01. The standard InChI is InChI=1S/C29H35ClN4O2/c1-19(2)31-27(35)18-34-28(22-7-6-8-23(30)15-22)32-26-10-9-20(17-25(26)29(34)36)24-16-21(24)11-14-33-12-4-3-5-13-33/h6-10,15,17,19,21,24H,3-5,11-14,16,18H2,1-2H3,(H,31,35). The van der Waals surface area contributed by atoms with Crippen molar-refractivity contribution < 1.29 is 4.79 Å². The molecule has 1 N–H and O–H groups in total. The highest BCUT2D eigenvalue weighted by atomic mass is 35.5. The molecule has 1 aliphatic heterocycles. The van der Waals surface area contributed by atoms with Gasteiger partial charge in [-0.3, -0.25) is 14.2 Å². The van der Waals surface area contributed by atoms with Crippen LogP contribution in [0.5, 0.6) is 0 Å². The highest BCUT2D eigenvalue weighted by molar-refractivity contribution is 6.30. The molecule has 1 aromatic heterocycles. The van der Waals surface area contributed by atoms with Gasteiger partial charge < -0.3 is 10.2 Å². The van der Waals surface area contributed by atoms with Crippen molar-refractivity contribution in [2.75, 3.05) is 19.6 Å². The Kier molecular flexibility index (Phi) is 7.44. The lowest BCUT2D eigenvalue weighted by Gasteiger charge is -2.26. The van der Waals surface area contributed by atoms with Gasteiger partial charge in [0.1, 0.15) is 12.4 Å². The zero-order valence-corrected chi connectivity index (χ0v) is 21.9. The van der Waals surface area contributed by atoms with Crippen molar-refractivity contribution in [3.05, 3.63) is 63.4 Å². The molecule has 1 saturated carbocycles. The summed E-state index contributed by atoms with van der Waals surface area (Å²) in [5.74, 6) is 1.42. The van der Waals surface area contributed by atoms with Gasteiger partial charge >= 0.3 is 0 Å². The van der Waals surface area contributed by atoms with Crippen LogP contribution >= 0.6 is 11.6 Å². The van der Waals surface area contributed by atoms with Gasteiger partial charge in [-0.05, 0) is 101 Å². The molecule has 3 aromatic rings. The molecule has 2 heterocycles. The zero-order chi connectivity index (χ0) is 25.2. The second-order valence-corrected chi connectivity index (χ2v) is 11.1. The molecule has 5 rings (SSSR count). The summed E-state index contributed by atoms with van der Waals surface area (Å²) in [6.07, 6.45) is 6.41. The molecule has 6 nitrogen and oxygen atoms in total. The Hall–Kier alpha value is -2.70. The number of nitrogens with zero attached hydrogens (tertiary/aromatic N) is 3. The van der Waals surface area contributed by atoms with E-state index in [1.165, 1.54) is 61.9 Å². The molecule has 2 fully saturated rings. The fraction of sp³-hybridized carbons (Fsp3) is 0.483. The van der Waals surface area contributed by atoms with Gasteiger partial charge in [-0.15, -0.1) is 0 Å². The van der Waals surface area contributed by atoms with E-state index >= 15 is 0 Å². The minimum atomic E-state index is -0.215. The van der Waals surface area contributed by atoms with Crippen LogP contribution < -0.4 is 10.9 Å². The normalized spacial score (nSPS) is 20.1. The summed E-state index contributed by atoms with van der Waals surface area (Å²) < 4.78 is 1.48. The van der Waals surface area contributed by atoms with Crippen molar-refractivity contribution in [3.63, 3.8) is 0 Å². The number of likely N-dealkylation sites (tertiary alicyclic amines) is 1. The number of rotatable bonds is 8. The maximum absolute atomic E-state index is 13.7. The van der Waals surface area contributed by atoms with E-state index in [1.807, 2.05) is 38.1 Å². The summed E-state index contributed by atoms with van der Waals surface area (Å²) in [6, 6.07) is 13.3. The minimum absolute atomic E-state index is 0.0143. The first-order valence-corrected chi connectivity index (χ1v) is 13.6. The molecule has 0 spiro atoms. The van der Waals surface area contributed by atoms with Gasteiger partial charge in [0.15, 0.2) is 0 Å². The molecule has 2 unspecified atom stereocenters. The van der Waals surface area contributed by atoms with E-state index in [-0.39, 0.29) is 24.1 Å². The fourth-order valence-electron chi connectivity index (χ4n) is 5.48. The SMILES string of the molecule is CC(C)NC(=O)Cn1c(-c2cccc(Cl)c2)nc2ccc(C3CC3CCN3CCCCC3)cc2c1=O. The number of benzene rings is 2. The Balaban J connectivity index is 1.44. The van der Waals surface area contributed by atoms with Crippen molar-refractivity contribution in [3.8, 4) is 11.4 Å². The van der Waals surface area contributed by atoms with Crippen molar-refractivity contribution in [1.82, 2.24) is 19.8 Å². The van der Waals surface area contributed by atoms with Crippen LogP contribution in [0.25, 0.3) is 22.3 Å². The molecule has 1 aliphatic carbocycles. The van der Waals surface area contributed by atoms with E-state index in [0.29, 0.717) is 39.1 Å². The predicted molar refractivity (Wildman–Crippen MR) is 145 cm³/mol. The van der Waals surface area contributed by atoms with Crippen LogP contribution in [0, 0.1) is 5.92 Å². The first-order chi connectivity index (χ1) is 17.4. The first kappa shape index (κ1) is 25.0. The fourth-order valence-corrected chi connectivity index (χ4v) is 5.67. The van der Waals surface area contributed by atoms with Gasteiger partial charge in [0.2, 0.25) is 5.91 Å². The van der Waals surface area contributed by atoms with E-state index < -0.39 is 0 Å². The number of amides is 1. The maximum atomic E-state index is 13.7. The molecule has 36 heavy (non-hydrogen) atoms. The summed E-state index contributed by atoms with van der Waals surface area (Å²) in [5.41, 5.74) is 2.37. The second kappa shape index (κ2) is 10.7. The molecule has 190 valence electrons. The van der Waals surface area contributed by atoms with E-state index in [1.54, 1.807) is 12.1 Å². The molecular formula is C29H35ClN4O2. The van der Waals surface area contributed by atoms with Crippen LogP contribution in [-0.4, -0.2) is 46.0 Å². The minimum Gasteiger partial charge on any atom is -0.352 e. The van der Waals surface area contributed by atoms with Gasteiger partial charge in [0, 0.05) is 16.6 Å². The molecule has 2 atom stereocenters. The number of carbonyl (C=O) groups excluding carboxylic acids is 1. The molecule has 0 bridgehead atoms. The molecule has 2 aliphatic rings. The van der Waals surface area contributed by atoms with E-state index in [4.69, 9.17) is 16.6 Å². The first-order valence-electron chi connectivity index (χ1n) is 13.2. The van der Waals surface area contributed by atoms with Crippen LogP contribution in [0.15, 0.2) is 47.3 Å². The van der Waals surface area contributed by atoms with Crippen molar-refractivity contribution >= 4 is 28.4 Å². The Labute approximate surface area is 217 Å². The summed E-state index contributed by atoms with van der Waals surface area (Å²) >= 11 is 6.23. The van der Waals surface area contributed by atoms with Crippen molar-refractivity contribution in [1.29, 1.82) is 0 Å². The zero-order valence-electron chi connectivity index (χ0n) is 21.2. The highest BCUT2D eigenvalue weighted by Crippen LogP contribution is 2.50. The number of carbonyl (C=O) groups is 1. The van der Waals surface area contributed by atoms with Crippen molar-refractivity contribution in [2.45, 2.75) is 64.5 Å². The summed E-state index contributed by atoms with van der Waals surface area (Å²) in [6.45, 7) is 7.36. The molecule has 1 saturated heterocycles. The average Bonchev–Trinajstić information content (AvgIpc) is 3.64. The van der Waals surface area contributed by atoms with Crippen LogP contribution in [0.3, 0.4) is 0 Å². The lowest BCUT2D eigenvalue weighted by Crippen LogP contribution is -2.37. The molecule has 1 amide bonds. The number of piperidine rings is 1. The number of fused-ring (bicyclic) bond motifs is 1. The van der Waals surface area contributed by atoms with E-state index in [0.717, 1.165) is 0 Å². The topological polar surface area (TPSA) is 67.2 Å². The average molecular weight is 507 g/mol. The third-order valence-corrected chi connectivity index (χ3v) is 7.66. The Morgan fingerprint density at radius 3 is 2.69 bits per heavy atom. The smallest absolute Gasteiger partial charge is 0.262 e. The van der Waals surface area contributed by atoms with Crippen LogP contribution in [-0.2, 0) is 11.3 Å². The van der Waals surface area contributed by atoms with E-state index in [9.17, 15) is 9.59 Å². The molecule has 0 radical (unpaired) electrons. The Morgan fingerprint density at radius 1 is 1.14 bits per heavy atom.